The maximum absolute atomic E-state index is 6.11. The molecule has 0 atom stereocenters. The fraction of sp³-hybridized carbons (Fsp3) is 0.333. The number of thioether (sulfide) groups is 1. The Balaban J connectivity index is 2.06. The fourth-order valence-corrected chi connectivity index (χ4v) is 3.05. The maximum Gasteiger partial charge on any atom is 0.0482 e. The first-order valence-corrected chi connectivity index (χ1v) is 7.94. The van der Waals surface area contributed by atoms with Crippen molar-refractivity contribution in [2.75, 3.05) is 5.73 Å². The molecule has 0 aromatic heterocycles. The molecule has 0 saturated carbocycles. The molecule has 0 radical (unpaired) electrons. The van der Waals surface area contributed by atoms with E-state index in [1.165, 1.54) is 16.0 Å². The van der Waals surface area contributed by atoms with Crippen molar-refractivity contribution in [3.63, 3.8) is 0 Å². The summed E-state index contributed by atoms with van der Waals surface area (Å²) in [5.74, 6) is 0.956. The van der Waals surface area contributed by atoms with Crippen LogP contribution in [0.15, 0.2) is 47.4 Å². The number of hydrogen-bond acceptors (Lipinski definition) is 2. The zero-order chi connectivity index (χ0) is 14.8. The summed E-state index contributed by atoms with van der Waals surface area (Å²) in [7, 11) is 0. The third kappa shape index (κ3) is 3.57. The van der Waals surface area contributed by atoms with Gasteiger partial charge < -0.3 is 5.73 Å². The molecule has 2 heteroatoms. The Bertz CT molecular complexity index is 579. The molecule has 1 nitrogen and oxygen atoms in total. The first-order chi connectivity index (χ1) is 9.38. The van der Waals surface area contributed by atoms with Crippen molar-refractivity contribution in [2.45, 2.75) is 43.8 Å². The van der Waals surface area contributed by atoms with Gasteiger partial charge in [0.25, 0.3) is 0 Å². The Morgan fingerprint density at radius 1 is 1.00 bits per heavy atom. The number of para-hydroxylation sites is 1. The second-order valence-electron chi connectivity index (χ2n) is 6.22. The molecule has 0 saturated heterocycles. The molecule has 106 valence electrons. The Kier molecular flexibility index (Phi) is 4.44. The van der Waals surface area contributed by atoms with E-state index in [0.717, 1.165) is 17.0 Å². The van der Waals surface area contributed by atoms with Crippen LogP contribution in [0.1, 0.15) is 37.5 Å². The third-order valence-corrected chi connectivity index (χ3v) is 4.64. The maximum atomic E-state index is 6.11. The molecule has 2 N–H and O–H groups in total. The van der Waals surface area contributed by atoms with E-state index in [1.807, 2.05) is 0 Å². The summed E-state index contributed by atoms with van der Waals surface area (Å²) >= 11 is 1.80. The zero-order valence-corrected chi connectivity index (χ0v) is 13.6. The highest BCUT2D eigenvalue weighted by Crippen LogP contribution is 2.30. The van der Waals surface area contributed by atoms with Gasteiger partial charge in [0.1, 0.15) is 0 Å². The van der Waals surface area contributed by atoms with Gasteiger partial charge in [-0.1, -0.05) is 57.2 Å². The van der Waals surface area contributed by atoms with Crippen LogP contribution in [0.5, 0.6) is 0 Å². The second-order valence-corrected chi connectivity index (χ2v) is 7.24. The minimum absolute atomic E-state index is 0.215. The topological polar surface area (TPSA) is 26.0 Å². The SMILES string of the molecule is Cc1cccc(SCc2ccc(C(C)(C)C)cc2)c1N. The lowest BCUT2D eigenvalue weighted by molar-refractivity contribution is 0.590. The lowest BCUT2D eigenvalue weighted by Gasteiger charge is -2.19. The van der Waals surface area contributed by atoms with Gasteiger partial charge in [0.15, 0.2) is 0 Å². The van der Waals surface area contributed by atoms with Gasteiger partial charge in [0.2, 0.25) is 0 Å². The summed E-state index contributed by atoms with van der Waals surface area (Å²) in [6, 6.07) is 15.1. The van der Waals surface area contributed by atoms with E-state index in [-0.39, 0.29) is 5.41 Å². The lowest BCUT2D eigenvalue weighted by Crippen LogP contribution is -2.10. The van der Waals surface area contributed by atoms with E-state index in [9.17, 15) is 0 Å². The zero-order valence-electron chi connectivity index (χ0n) is 12.7. The van der Waals surface area contributed by atoms with Gasteiger partial charge >= 0.3 is 0 Å². The van der Waals surface area contributed by atoms with E-state index in [1.54, 1.807) is 11.8 Å². The van der Waals surface area contributed by atoms with Crippen LogP contribution in [0.2, 0.25) is 0 Å². The number of aryl methyl sites for hydroxylation is 1. The van der Waals surface area contributed by atoms with Crippen LogP contribution in [0, 0.1) is 6.92 Å². The number of nitrogens with two attached hydrogens (primary N) is 1. The molecular formula is C18H23NS. The summed E-state index contributed by atoms with van der Waals surface area (Å²) in [6.07, 6.45) is 0. The van der Waals surface area contributed by atoms with E-state index < -0.39 is 0 Å². The minimum Gasteiger partial charge on any atom is -0.398 e. The van der Waals surface area contributed by atoms with Gasteiger partial charge in [0, 0.05) is 16.3 Å². The van der Waals surface area contributed by atoms with Crippen molar-refractivity contribution >= 4 is 17.4 Å². The number of benzene rings is 2. The highest BCUT2D eigenvalue weighted by Gasteiger charge is 2.12. The molecule has 0 aliphatic heterocycles. The smallest absolute Gasteiger partial charge is 0.0482 e. The number of anilines is 1. The second kappa shape index (κ2) is 5.92. The third-order valence-electron chi connectivity index (χ3n) is 3.50. The largest absolute Gasteiger partial charge is 0.398 e. The van der Waals surface area contributed by atoms with Crippen LogP contribution in [-0.4, -0.2) is 0 Å². The highest BCUT2D eigenvalue weighted by molar-refractivity contribution is 7.98. The number of rotatable bonds is 3. The molecule has 0 aliphatic rings. The van der Waals surface area contributed by atoms with Crippen molar-refractivity contribution in [1.29, 1.82) is 0 Å². The normalized spacial score (nSPS) is 11.6. The molecule has 0 amide bonds. The van der Waals surface area contributed by atoms with Crippen LogP contribution >= 0.6 is 11.8 Å². The van der Waals surface area contributed by atoms with Crippen molar-refractivity contribution in [3.8, 4) is 0 Å². The van der Waals surface area contributed by atoms with E-state index >= 15 is 0 Å². The Labute approximate surface area is 126 Å². The molecule has 0 aliphatic carbocycles. The summed E-state index contributed by atoms with van der Waals surface area (Å²) in [6.45, 7) is 8.77. The van der Waals surface area contributed by atoms with Crippen LogP contribution in [0.25, 0.3) is 0 Å². The quantitative estimate of drug-likeness (QED) is 0.622. The molecule has 0 bridgehead atoms. The van der Waals surface area contributed by atoms with Crippen LogP contribution in [-0.2, 0) is 11.2 Å². The predicted molar refractivity (Wildman–Crippen MR) is 90.3 cm³/mol. The van der Waals surface area contributed by atoms with Crippen molar-refractivity contribution < 1.29 is 0 Å². The molecule has 2 aromatic rings. The average Bonchev–Trinajstić information content (AvgIpc) is 2.40. The fourth-order valence-electron chi connectivity index (χ4n) is 2.04. The minimum atomic E-state index is 0.215. The van der Waals surface area contributed by atoms with Crippen molar-refractivity contribution in [1.82, 2.24) is 0 Å². The van der Waals surface area contributed by atoms with Crippen molar-refractivity contribution in [3.05, 3.63) is 59.2 Å². The van der Waals surface area contributed by atoms with Crippen LogP contribution in [0.4, 0.5) is 5.69 Å². The van der Waals surface area contributed by atoms with Crippen LogP contribution in [0.3, 0.4) is 0 Å². The monoisotopic (exact) mass is 285 g/mol. The molecule has 2 aromatic carbocycles. The van der Waals surface area contributed by atoms with E-state index in [4.69, 9.17) is 5.73 Å². The molecule has 0 heterocycles. The first-order valence-electron chi connectivity index (χ1n) is 6.95. The highest BCUT2D eigenvalue weighted by atomic mass is 32.2. The molecule has 0 fully saturated rings. The van der Waals surface area contributed by atoms with E-state index in [0.29, 0.717) is 0 Å². The van der Waals surface area contributed by atoms with Gasteiger partial charge in [-0.05, 0) is 35.1 Å². The lowest BCUT2D eigenvalue weighted by atomic mass is 9.87. The molecule has 20 heavy (non-hydrogen) atoms. The predicted octanol–water partition coefficient (Wildman–Crippen LogP) is 5.17. The Morgan fingerprint density at radius 3 is 2.25 bits per heavy atom. The van der Waals surface area contributed by atoms with Crippen LogP contribution < -0.4 is 5.73 Å². The Morgan fingerprint density at radius 2 is 1.65 bits per heavy atom. The summed E-state index contributed by atoms with van der Waals surface area (Å²) in [5, 5.41) is 0. The van der Waals surface area contributed by atoms with Gasteiger partial charge in [-0.3, -0.25) is 0 Å². The van der Waals surface area contributed by atoms with Crippen molar-refractivity contribution in [2.24, 2.45) is 0 Å². The first kappa shape index (κ1) is 15.0. The van der Waals surface area contributed by atoms with E-state index in [2.05, 4.69) is 70.2 Å². The summed E-state index contributed by atoms with van der Waals surface area (Å²) < 4.78 is 0. The van der Waals surface area contributed by atoms with Gasteiger partial charge in [-0.15, -0.1) is 11.8 Å². The molecule has 0 unspecified atom stereocenters. The molecule has 0 spiro atoms. The van der Waals surface area contributed by atoms with Gasteiger partial charge in [-0.2, -0.15) is 0 Å². The Hall–Kier alpha value is -1.41. The number of hydrogen-bond donors (Lipinski definition) is 1. The molecular weight excluding hydrogens is 262 g/mol. The summed E-state index contributed by atoms with van der Waals surface area (Å²) in [5.41, 5.74) is 11.1. The standard InChI is InChI=1S/C18H23NS/c1-13-6-5-7-16(17(13)19)20-12-14-8-10-15(11-9-14)18(2,3)4/h5-11H,12,19H2,1-4H3. The summed E-state index contributed by atoms with van der Waals surface area (Å²) in [4.78, 5) is 1.17. The average molecular weight is 285 g/mol. The molecule has 2 rings (SSSR count). The van der Waals surface area contributed by atoms with Gasteiger partial charge in [0.05, 0.1) is 0 Å². The number of nitrogen functional groups attached to an aromatic ring is 1. The van der Waals surface area contributed by atoms with Gasteiger partial charge in [-0.25, -0.2) is 0 Å².